The first-order valence-corrected chi connectivity index (χ1v) is 8.70. The summed E-state index contributed by atoms with van der Waals surface area (Å²) in [4.78, 5) is 12.4. The monoisotopic (exact) mass is 289 g/mol. The van der Waals surface area contributed by atoms with Crippen molar-refractivity contribution in [1.82, 2.24) is 9.97 Å². The topological polar surface area (TPSA) is 37.8 Å². The number of rotatable bonds is 5. The standard InChI is InChI=1S/C16H23N3S/c1-3-5-10-13-18-15(17-4-2)14-11-8-6-7-9-12(11)20-16(14)19-13/h3-10H2,1-2H3,(H,17,18,19). The van der Waals surface area contributed by atoms with Crippen LogP contribution in [-0.4, -0.2) is 16.5 Å². The van der Waals surface area contributed by atoms with Crippen LogP contribution in [0, 0.1) is 0 Å². The molecule has 2 heterocycles. The van der Waals surface area contributed by atoms with Crippen LogP contribution in [-0.2, 0) is 19.3 Å². The number of nitrogens with one attached hydrogen (secondary N) is 1. The van der Waals surface area contributed by atoms with E-state index in [0.717, 1.165) is 24.6 Å². The fraction of sp³-hybridized carbons (Fsp3) is 0.625. The second kappa shape index (κ2) is 6.08. The summed E-state index contributed by atoms with van der Waals surface area (Å²) >= 11 is 1.90. The van der Waals surface area contributed by atoms with Gasteiger partial charge in [0.2, 0.25) is 0 Å². The van der Waals surface area contributed by atoms with Crippen LogP contribution in [0.2, 0.25) is 0 Å². The van der Waals surface area contributed by atoms with Crippen LogP contribution in [0.15, 0.2) is 0 Å². The number of fused-ring (bicyclic) bond motifs is 3. The Morgan fingerprint density at radius 2 is 2.00 bits per heavy atom. The Bertz CT molecular complexity index is 603. The van der Waals surface area contributed by atoms with E-state index in [-0.39, 0.29) is 0 Å². The molecule has 0 amide bonds. The van der Waals surface area contributed by atoms with E-state index in [2.05, 4.69) is 19.2 Å². The van der Waals surface area contributed by atoms with Gasteiger partial charge in [0.1, 0.15) is 16.5 Å². The molecule has 0 saturated heterocycles. The third-order valence-corrected chi connectivity index (χ3v) is 5.14. The average Bonchev–Trinajstić information content (AvgIpc) is 2.83. The summed E-state index contributed by atoms with van der Waals surface area (Å²) in [6, 6.07) is 0. The van der Waals surface area contributed by atoms with E-state index in [1.807, 2.05) is 11.3 Å². The van der Waals surface area contributed by atoms with Gasteiger partial charge in [0.25, 0.3) is 0 Å². The van der Waals surface area contributed by atoms with E-state index in [9.17, 15) is 0 Å². The summed E-state index contributed by atoms with van der Waals surface area (Å²) in [6.07, 6.45) is 8.42. The summed E-state index contributed by atoms with van der Waals surface area (Å²) in [5, 5.41) is 4.77. The molecule has 0 radical (unpaired) electrons. The third kappa shape index (κ3) is 2.53. The highest BCUT2D eigenvalue weighted by molar-refractivity contribution is 7.19. The van der Waals surface area contributed by atoms with Crippen molar-refractivity contribution in [2.45, 2.75) is 58.8 Å². The number of nitrogens with zero attached hydrogens (tertiary/aromatic N) is 2. The zero-order valence-corrected chi connectivity index (χ0v) is 13.3. The molecule has 1 aliphatic rings. The molecule has 0 unspecified atom stereocenters. The van der Waals surface area contributed by atoms with Crippen LogP contribution in [0.4, 0.5) is 5.82 Å². The number of aromatic nitrogens is 2. The number of unbranched alkanes of at least 4 members (excludes halogenated alkanes) is 1. The molecular formula is C16H23N3S. The molecule has 1 N–H and O–H groups in total. The van der Waals surface area contributed by atoms with Crippen molar-refractivity contribution < 1.29 is 0 Å². The number of anilines is 1. The molecule has 0 bridgehead atoms. The normalized spacial score (nSPS) is 14.5. The van der Waals surface area contributed by atoms with Gasteiger partial charge in [-0.1, -0.05) is 13.3 Å². The largest absolute Gasteiger partial charge is 0.370 e. The zero-order chi connectivity index (χ0) is 13.9. The molecule has 2 aromatic heterocycles. The van der Waals surface area contributed by atoms with Gasteiger partial charge in [-0.05, 0) is 44.6 Å². The molecule has 0 atom stereocenters. The molecule has 1 aliphatic carbocycles. The summed E-state index contributed by atoms with van der Waals surface area (Å²) in [7, 11) is 0. The van der Waals surface area contributed by atoms with Crippen LogP contribution in [0.1, 0.15) is 55.8 Å². The summed E-state index contributed by atoms with van der Waals surface area (Å²) < 4.78 is 0. The molecule has 0 aliphatic heterocycles. The number of aryl methyl sites for hydroxylation is 3. The van der Waals surface area contributed by atoms with Gasteiger partial charge in [-0.15, -0.1) is 11.3 Å². The number of hydrogen-bond donors (Lipinski definition) is 1. The SMILES string of the molecule is CCCCc1nc(NCC)c2c3c(sc2n1)CCCC3. The molecular weight excluding hydrogens is 266 g/mol. The van der Waals surface area contributed by atoms with Crippen molar-refractivity contribution in [3.63, 3.8) is 0 Å². The van der Waals surface area contributed by atoms with Crippen molar-refractivity contribution in [3.8, 4) is 0 Å². The Labute approximate surface area is 124 Å². The van der Waals surface area contributed by atoms with Crippen LogP contribution in [0.5, 0.6) is 0 Å². The highest BCUT2D eigenvalue weighted by Crippen LogP contribution is 2.38. The zero-order valence-electron chi connectivity index (χ0n) is 12.5. The molecule has 0 spiro atoms. The minimum atomic E-state index is 0.921. The Morgan fingerprint density at radius 1 is 1.15 bits per heavy atom. The molecule has 0 saturated carbocycles. The average molecular weight is 289 g/mol. The van der Waals surface area contributed by atoms with Crippen LogP contribution in [0.25, 0.3) is 10.2 Å². The molecule has 108 valence electrons. The van der Waals surface area contributed by atoms with Crippen molar-refractivity contribution in [3.05, 3.63) is 16.3 Å². The van der Waals surface area contributed by atoms with Crippen LogP contribution in [0.3, 0.4) is 0 Å². The number of hydrogen-bond acceptors (Lipinski definition) is 4. The second-order valence-electron chi connectivity index (χ2n) is 5.51. The maximum atomic E-state index is 4.83. The van der Waals surface area contributed by atoms with Gasteiger partial charge in [-0.2, -0.15) is 0 Å². The highest BCUT2D eigenvalue weighted by atomic mass is 32.1. The Balaban J connectivity index is 2.09. The Morgan fingerprint density at radius 3 is 2.80 bits per heavy atom. The van der Waals surface area contributed by atoms with Gasteiger partial charge >= 0.3 is 0 Å². The van der Waals surface area contributed by atoms with Crippen molar-refractivity contribution >= 4 is 27.4 Å². The first kappa shape index (κ1) is 13.8. The first-order chi connectivity index (χ1) is 9.83. The molecule has 3 nitrogen and oxygen atoms in total. The fourth-order valence-electron chi connectivity index (χ4n) is 2.94. The van der Waals surface area contributed by atoms with E-state index in [1.54, 1.807) is 4.88 Å². The van der Waals surface area contributed by atoms with E-state index in [1.165, 1.54) is 54.3 Å². The molecule has 20 heavy (non-hydrogen) atoms. The predicted molar refractivity (Wildman–Crippen MR) is 86.8 cm³/mol. The van der Waals surface area contributed by atoms with E-state index in [0.29, 0.717) is 0 Å². The van der Waals surface area contributed by atoms with Crippen LogP contribution >= 0.6 is 11.3 Å². The van der Waals surface area contributed by atoms with Crippen molar-refractivity contribution in [2.24, 2.45) is 0 Å². The van der Waals surface area contributed by atoms with Gasteiger partial charge in [-0.25, -0.2) is 9.97 Å². The summed E-state index contributed by atoms with van der Waals surface area (Å²) in [5.74, 6) is 2.08. The lowest BCUT2D eigenvalue weighted by Crippen LogP contribution is -2.06. The van der Waals surface area contributed by atoms with Gasteiger partial charge in [0, 0.05) is 17.8 Å². The second-order valence-corrected chi connectivity index (χ2v) is 6.60. The van der Waals surface area contributed by atoms with Crippen LogP contribution < -0.4 is 5.32 Å². The number of thiophene rings is 1. The maximum Gasteiger partial charge on any atom is 0.138 e. The minimum absolute atomic E-state index is 0.921. The highest BCUT2D eigenvalue weighted by Gasteiger charge is 2.20. The lowest BCUT2D eigenvalue weighted by Gasteiger charge is -2.12. The molecule has 3 rings (SSSR count). The van der Waals surface area contributed by atoms with Gasteiger partial charge in [0.15, 0.2) is 0 Å². The minimum Gasteiger partial charge on any atom is -0.370 e. The maximum absolute atomic E-state index is 4.83. The van der Waals surface area contributed by atoms with Gasteiger partial charge < -0.3 is 5.32 Å². The summed E-state index contributed by atoms with van der Waals surface area (Å²) in [5.41, 5.74) is 1.52. The summed E-state index contributed by atoms with van der Waals surface area (Å²) in [6.45, 7) is 5.27. The lowest BCUT2D eigenvalue weighted by atomic mass is 9.97. The molecule has 2 aromatic rings. The van der Waals surface area contributed by atoms with Gasteiger partial charge in [-0.3, -0.25) is 0 Å². The first-order valence-electron chi connectivity index (χ1n) is 7.88. The van der Waals surface area contributed by atoms with E-state index in [4.69, 9.17) is 9.97 Å². The Kier molecular flexibility index (Phi) is 4.20. The lowest BCUT2D eigenvalue weighted by molar-refractivity contribution is 0.700. The van der Waals surface area contributed by atoms with Crippen molar-refractivity contribution in [1.29, 1.82) is 0 Å². The third-order valence-electron chi connectivity index (χ3n) is 3.96. The molecule has 4 heteroatoms. The predicted octanol–water partition coefficient (Wildman–Crippen LogP) is 4.34. The molecule has 0 fully saturated rings. The fourth-order valence-corrected chi connectivity index (χ4v) is 4.22. The van der Waals surface area contributed by atoms with Gasteiger partial charge in [0.05, 0.1) is 5.39 Å². The quantitative estimate of drug-likeness (QED) is 0.889. The Hall–Kier alpha value is -1.16. The molecule has 0 aromatic carbocycles. The smallest absolute Gasteiger partial charge is 0.138 e. The van der Waals surface area contributed by atoms with E-state index < -0.39 is 0 Å². The van der Waals surface area contributed by atoms with Crippen molar-refractivity contribution in [2.75, 3.05) is 11.9 Å². The van der Waals surface area contributed by atoms with E-state index >= 15 is 0 Å².